The molecule has 8 nitrogen and oxygen atoms in total. The predicted molar refractivity (Wildman–Crippen MR) is 139 cm³/mol. The molecule has 3 aromatic rings. The second-order valence-electron chi connectivity index (χ2n) is 8.32. The van der Waals surface area contributed by atoms with Crippen molar-refractivity contribution in [1.29, 1.82) is 0 Å². The quantitative estimate of drug-likeness (QED) is 0.144. The van der Waals surface area contributed by atoms with Crippen LogP contribution in [0.2, 0.25) is 0 Å². The molecule has 0 radical (unpaired) electrons. The molecule has 0 spiro atoms. The third-order valence-corrected chi connectivity index (χ3v) is 6.52. The van der Waals surface area contributed by atoms with Crippen LogP contribution in [-0.2, 0) is 43.6 Å². The molecule has 0 aliphatic rings. The number of hydrogen-bond acceptors (Lipinski definition) is 8. The SMILES string of the molecule is CO[C@@](C=O)(OCc1ccccc1)[C@](O)(OCc1ccccc1)[C@@](O)(OCc1ccccc1)[C@H](O)CBr. The summed E-state index contributed by atoms with van der Waals surface area (Å²) in [7, 11) is 1.12. The Morgan fingerprint density at radius 3 is 1.54 bits per heavy atom. The van der Waals surface area contributed by atoms with Crippen LogP contribution in [-0.4, -0.2) is 57.5 Å². The van der Waals surface area contributed by atoms with Gasteiger partial charge in [-0.15, -0.1) is 0 Å². The molecule has 0 unspecified atom stereocenters. The Kier molecular flexibility index (Phi) is 10.5. The molecule has 0 bridgehead atoms. The van der Waals surface area contributed by atoms with Crippen LogP contribution in [0.3, 0.4) is 0 Å². The van der Waals surface area contributed by atoms with Gasteiger partial charge in [0.2, 0.25) is 0 Å². The van der Waals surface area contributed by atoms with E-state index in [1.165, 1.54) is 0 Å². The number of ether oxygens (including phenoxy) is 4. The van der Waals surface area contributed by atoms with Crippen molar-refractivity contribution in [2.45, 2.75) is 43.3 Å². The Hall–Kier alpha value is -2.47. The van der Waals surface area contributed by atoms with Crippen molar-refractivity contribution in [1.82, 2.24) is 0 Å². The normalized spacial score (nSPS) is 17.2. The summed E-state index contributed by atoms with van der Waals surface area (Å²) in [5, 5.41) is 34.6. The maximum atomic E-state index is 12.6. The molecule has 0 aliphatic carbocycles. The molecule has 0 aliphatic heterocycles. The second kappa shape index (κ2) is 13.4. The van der Waals surface area contributed by atoms with Crippen molar-refractivity contribution in [3.8, 4) is 0 Å². The highest BCUT2D eigenvalue weighted by molar-refractivity contribution is 9.09. The average Bonchev–Trinajstić information content (AvgIpc) is 2.96. The number of alkyl halides is 1. The van der Waals surface area contributed by atoms with E-state index in [1.54, 1.807) is 78.9 Å². The molecule has 9 heteroatoms. The Morgan fingerprint density at radius 1 is 0.757 bits per heavy atom. The van der Waals surface area contributed by atoms with Crippen molar-refractivity contribution >= 4 is 22.2 Å². The van der Waals surface area contributed by atoms with Gasteiger partial charge in [-0.25, -0.2) is 0 Å². The lowest BCUT2D eigenvalue weighted by atomic mass is 9.91. The summed E-state index contributed by atoms with van der Waals surface area (Å²) in [6.07, 6.45) is -1.61. The summed E-state index contributed by atoms with van der Waals surface area (Å²) in [5.74, 6) is -8.58. The van der Waals surface area contributed by atoms with Crippen molar-refractivity contribution in [3.05, 3.63) is 108 Å². The third kappa shape index (κ3) is 6.51. The van der Waals surface area contributed by atoms with E-state index < -0.39 is 23.5 Å². The van der Waals surface area contributed by atoms with Crippen LogP contribution < -0.4 is 0 Å². The Morgan fingerprint density at radius 2 is 1.16 bits per heavy atom. The third-order valence-electron chi connectivity index (χ3n) is 5.90. The Bertz CT molecular complexity index is 1090. The van der Waals surface area contributed by atoms with Gasteiger partial charge in [0, 0.05) is 12.4 Å². The minimum absolute atomic E-state index is 0.179. The van der Waals surface area contributed by atoms with Gasteiger partial charge in [-0.3, -0.25) is 4.79 Å². The molecule has 0 heterocycles. The molecule has 3 aromatic carbocycles. The summed E-state index contributed by atoms with van der Waals surface area (Å²) in [6, 6.07) is 26.5. The summed E-state index contributed by atoms with van der Waals surface area (Å²) in [6.45, 7) is -0.712. The van der Waals surface area contributed by atoms with E-state index in [-0.39, 0.29) is 31.4 Å². The van der Waals surface area contributed by atoms with E-state index in [1.807, 2.05) is 12.1 Å². The van der Waals surface area contributed by atoms with Gasteiger partial charge in [0.1, 0.15) is 6.10 Å². The van der Waals surface area contributed by atoms with Gasteiger partial charge in [0.15, 0.2) is 6.29 Å². The number of hydrogen-bond donors (Lipinski definition) is 3. The summed E-state index contributed by atoms with van der Waals surface area (Å²) < 4.78 is 22.9. The number of carbonyl (C=O) groups is 1. The summed E-state index contributed by atoms with van der Waals surface area (Å²) in [4.78, 5) is 12.6. The lowest BCUT2D eigenvalue weighted by Crippen LogP contribution is -2.76. The number of aliphatic hydroxyl groups is 3. The van der Waals surface area contributed by atoms with E-state index >= 15 is 0 Å². The number of methoxy groups -OCH3 is 1. The second-order valence-corrected chi connectivity index (χ2v) is 8.97. The maximum absolute atomic E-state index is 12.6. The zero-order chi connectivity index (χ0) is 26.8. The van der Waals surface area contributed by atoms with E-state index in [9.17, 15) is 20.1 Å². The van der Waals surface area contributed by atoms with Gasteiger partial charge in [0.25, 0.3) is 17.4 Å². The molecular weight excluding hydrogens is 544 g/mol. The van der Waals surface area contributed by atoms with Crippen molar-refractivity contribution in [2.24, 2.45) is 0 Å². The number of aldehydes is 1. The van der Waals surface area contributed by atoms with Crippen LogP contribution in [0.1, 0.15) is 16.7 Å². The van der Waals surface area contributed by atoms with Crippen LogP contribution in [0.25, 0.3) is 0 Å². The first-order chi connectivity index (χ1) is 17.8. The zero-order valence-corrected chi connectivity index (χ0v) is 22.0. The highest BCUT2D eigenvalue weighted by Gasteiger charge is 2.70. The zero-order valence-electron chi connectivity index (χ0n) is 20.4. The Balaban J connectivity index is 2.06. The van der Waals surface area contributed by atoms with Crippen molar-refractivity contribution in [3.63, 3.8) is 0 Å². The topological polar surface area (TPSA) is 115 Å². The molecule has 37 heavy (non-hydrogen) atoms. The average molecular weight is 575 g/mol. The largest absolute Gasteiger partial charge is 0.386 e. The van der Waals surface area contributed by atoms with Crippen molar-refractivity contribution < 1.29 is 39.1 Å². The van der Waals surface area contributed by atoms with Gasteiger partial charge >= 0.3 is 0 Å². The minimum Gasteiger partial charge on any atom is -0.386 e. The smallest absolute Gasteiger partial charge is 0.288 e. The fraction of sp³-hybridized carbons (Fsp3) is 0.321. The lowest BCUT2D eigenvalue weighted by molar-refractivity contribution is -0.481. The van der Waals surface area contributed by atoms with E-state index in [2.05, 4.69) is 15.9 Å². The number of halogens is 1. The van der Waals surface area contributed by atoms with Crippen molar-refractivity contribution in [2.75, 3.05) is 12.4 Å². The first-order valence-corrected chi connectivity index (χ1v) is 12.7. The molecular formula is C28H31BrO8. The monoisotopic (exact) mass is 574 g/mol. The molecule has 0 aromatic heterocycles. The van der Waals surface area contributed by atoms with Gasteiger partial charge in [-0.05, 0) is 16.7 Å². The molecule has 4 atom stereocenters. The molecule has 0 saturated heterocycles. The molecule has 3 N–H and O–H groups in total. The van der Waals surface area contributed by atoms with E-state index in [4.69, 9.17) is 18.9 Å². The molecule has 0 fully saturated rings. The summed E-state index contributed by atoms with van der Waals surface area (Å²) >= 11 is 3.13. The number of benzene rings is 3. The molecule has 3 rings (SSSR count). The fourth-order valence-electron chi connectivity index (χ4n) is 3.73. The Labute approximate surface area is 224 Å². The van der Waals surface area contributed by atoms with Crippen LogP contribution in [0.5, 0.6) is 0 Å². The van der Waals surface area contributed by atoms with Gasteiger partial charge in [0.05, 0.1) is 19.8 Å². The highest BCUT2D eigenvalue weighted by atomic mass is 79.9. The fourth-order valence-corrected chi connectivity index (χ4v) is 4.17. The lowest BCUT2D eigenvalue weighted by Gasteiger charge is -2.50. The molecule has 198 valence electrons. The number of carbonyl (C=O) groups excluding carboxylic acids is 1. The first kappa shape index (κ1) is 29.1. The molecule has 0 saturated carbocycles. The standard InChI is InChI=1S/C28H31BrO8/c1-34-26(21-30,35-18-22-11-5-2-6-12-22)28(33,37-20-24-15-9-4-10-16-24)27(32,25(31)17-29)36-19-23-13-7-3-8-14-23/h2-16,21,25,31-33H,17-20H2,1H3/t25-,26+,27+,28+/m1/s1. The maximum Gasteiger partial charge on any atom is 0.288 e. The van der Waals surface area contributed by atoms with Gasteiger partial charge in [-0.1, -0.05) is 107 Å². The van der Waals surface area contributed by atoms with Gasteiger partial charge < -0.3 is 34.3 Å². The number of aliphatic hydroxyl groups excluding tert-OH is 1. The highest BCUT2D eigenvalue weighted by Crippen LogP contribution is 2.42. The predicted octanol–water partition coefficient (Wildman–Crippen LogP) is 3.31. The first-order valence-electron chi connectivity index (χ1n) is 11.6. The van der Waals surface area contributed by atoms with Crippen LogP contribution in [0, 0.1) is 0 Å². The van der Waals surface area contributed by atoms with Gasteiger partial charge in [-0.2, -0.15) is 0 Å². The van der Waals surface area contributed by atoms with Crippen LogP contribution in [0.15, 0.2) is 91.0 Å². The summed E-state index contributed by atoms with van der Waals surface area (Å²) in [5.41, 5.74) is 1.90. The van der Waals surface area contributed by atoms with Crippen LogP contribution in [0.4, 0.5) is 0 Å². The molecule has 0 amide bonds. The van der Waals surface area contributed by atoms with Crippen LogP contribution >= 0.6 is 15.9 Å². The number of rotatable bonds is 15. The minimum atomic E-state index is -3.05. The van der Waals surface area contributed by atoms with E-state index in [0.29, 0.717) is 16.7 Å². The van der Waals surface area contributed by atoms with E-state index in [0.717, 1.165) is 7.11 Å².